The molecule has 1 aromatic carbocycles. The quantitative estimate of drug-likeness (QED) is 0.658. The summed E-state index contributed by atoms with van der Waals surface area (Å²) in [4.78, 5) is 0. The summed E-state index contributed by atoms with van der Waals surface area (Å²) in [5, 5.41) is 0. The van der Waals surface area contributed by atoms with Crippen molar-refractivity contribution in [3.05, 3.63) is 28.8 Å². The summed E-state index contributed by atoms with van der Waals surface area (Å²) >= 11 is 0. The van der Waals surface area contributed by atoms with Crippen LogP contribution in [0.3, 0.4) is 0 Å². The van der Waals surface area contributed by atoms with Crippen LogP contribution in [0.25, 0.3) is 0 Å². The van der Waals surface area contributed by atoms with E-state index in [1.165, 1.54) is 16.7 Å². The van der Waals surface area contributed by atoms with E-state index in [4.69, 9.17) is 10.5 Å². The van der Waals surface area contributed by atoms with Crippen LogP contribution in [0.1, 0.15) is 29.2 Å². The molecule has 70 valence electrons. The third-order valence-electron chi connectivity index (χ3n) is 2.52. The minimum absolute atomic E-state index is 0.155. The largest absolute Gasteiger partial charge is 0.493 e. The molecule has 0 radical (unpaired) electrons. The lowest BCUT2D eigenvalue weighted by molar-refractivity contribution is 0.267. The maximum atomic E-state index is 6.00. The number of hydrogen-bond donors (Lipinski definition) is 1. The van der Waals surface area contributed by atoms with Crippen LogP contribution in [0.15, 0.2) is 12.1 Å². The summed E-state index contributed by atoms with van der Waals surface area (Å²) in [5.41, 5.74) is 9.63. The number of aryl methyl sites for hydroxylation is 2. The molecule has 1 heterocycles. The zero-order valence-electron chi connectivity index (χ0n) is 8.13. The second kappa shape index (κ2) is 3.04. The van der Waals surface area contributed by atoms with Gasteiger partial charge < -0.3 is 10.5 Å². The van der Waals surface area contributed by atoms with E-state index in [2.05, 4.69) is 26.0 Å². The summed E-state index contributed by atoms with van der Waals surface area (Å²) in [6, 6.07) is 4.42. The first-order valence-corrected chi connectivity index (χ1v) is 4.68. The van der Waals surface area contributed by atoms with E-state index in [0.29, 0.717) is 0 Å². The van der Waals surface area contributed by atoms with E-state index in [0.717, 1.165) is 18.8 Å². The zero-order chi connectivity index (χ0) is 9.42. The van der Waals surface area contributed by atoms with Crippen molar-refractivity contribution in [3.63, 3.8) is 0 Å². The van der Waals surface area contributed by atoms with Crippen LogP contribution >= 0.6 is 0 Å². The SMILES string of the molecule is Cc1cc(C)c2c(c1)C(N)CCO2. The molecule has 0 bridgehead atoms. The summed E-state index contributed by atoms with van der Waals surface area (Å²) in [6.45, 7) is 4.91. The van der Waals surface area contributed by atoms with Crippen LogP contribution in [0.2, 0.25) is 0 Å². The Morgan fingerprint density at radius 1 is 1.38 bits per heavy atom. The Labute approximate surface area is 78.7 Å². The van der Waals surface area contributed by atoms with E-state index in [1.54, 1.807) is 0 Å². The fourth-order valence-electron chi connectivity index (χ4n) is 1.90. The Balaban J connectivity index is 2.56. The Bertz CT molecular complexity index is 333. The number of benzene rings is 1. The van der Waals surface area contributed by atoms with Gasteiger partial charge in [-0.2, -0.15) is 0 Å². The molecule has 0 fully saturated rings. The minimum Gasteiger partial charge on any atom is -0.493 e. The van der Waals surface area contributed by atoms with Crippen LogP contribution in [0, 0.1) is 13.8 Å². The van der Waals surface area contributed by atoms with Crippen molar-refractivity contribution in [2.24, 2.45) is 5.73 Å². The first-order valence-electron chi connectivity index (χ1n) is 4.68. The Kier molecular flexibility index (Phi) is 2.00. The fourth-order valence-corrected chi connectivity index (χ4v) is 1.90. The van der Waals surface area contributed by atoms with E-state index in [1.807, 2.05) is 0 Å². The summed E-state index contributed by atoms with van der Waals surface area (Å²) < 4.78 is 5.60. The molecule has 1 unspecified atom stereocenters. The molecule has 2 heteroatoms. The highest BCUT2D eigenvalue weighted by molar-refractivity contribution is 5.46. The highest BCUT2D eigenvalue weighted by Gasteiger charge is 2.19. The predicted octanol–water partition coefficient (Wildman–Crippen LogP) is 2.09. The highest BCUT2D eigenvalue weighted by atomic mass is 16.5. The van der Waals surface area contributed by atoms with Gasteiger partial charge >= 0.3 is 0 Å². The molecule has 0 spiro atoms. The Morgan fingerprint density at radius 2 is 2.15 bits per heavy atom. The maximum Gasteiger partial charge on any atom is 0.126 e. The van der Waals surface area contributed by atoms with Gasteiger partial charge in [0.25, 0.3) is 0 Å². The first kappa shape index (κ1) is 8.57. The van der Waals surface area contributed by atoms with Crippen molar-refractivity contribution in [1.29, 1.82) is 0 Å². The molecule has 1 atom stereocenters. The van der Waals surface area contributed by atoms with E-state index >= 15 is 0 Å². The standard InChI is InChI=1S/C11H15NO/c1-7-5-8(2)11-9(6-7)10(12)3-4-13-11/h5-6,10H,3-4,12H2,1-2H3. The van der Waals surface area contributed by atoms with Gasteiger partial charge in [-0.25, -0.2) is 0 Å². The van der Waals surface area contributed by atoms with Gasteiger partial charge in [0, 0.05) is 18.0 Å². The van der Waals surface area contributed by atoms with Crippen LogP contribution in [-0.2, 0) is 0 Å². The fraction of sp³-hybridized carbons (Fsp3) is 0.455. The smallest absolute Gasteiger partial charge is 0.126 e. The molecule has 13 heavy (non-hydrogen) atoms. The van der Waals surface area contributed by atoms with Crippen molar-refractivity contribution >= 4 is 0 Å². The van der Waals surface area contributed by atoms with Crippen molar-refractivity contribution in [2.45, 2.75) is 26.3 Å². The summed E-state index contributed by atoms with van der Waals surface area (Å²) in [5.74, 6) is 1.00. The molecule has 0 saturated carbocycles. The highest BCUT2D eigenvalue weighted by Crippen LogP contribution is 2.34. The number of fused-ring (bicyclic) bond motifs is 1. The molecule has 2 N–H and O–H groups in total. The molecule has 2 rings (SSSR count). The maximum absolute atomic E-state index is 6.00. The Hall–Kier alpha value is -1.02. The van der Waals surface area contributed by atoms with Crippen molar-refractivity contribution in [3.8, 4) is 5.75 Å². The molecule has 2 nitrogen and oxygen atoms in total. The molecular formula is C11H15NO. The van der Waals surface area contributed by atoms with Crippen molar-refractivity contribution in [1.82, 2.24) is 0 Å². The van der Waals surface area contributed by atoms with Gasteiger partial charge in [-0.3, -0.25) is 0 Å². The topological polar surface area (TPSA) is 35.2 Å². The molecule has 0 aliphatic carbocycles. The van der Waals surface area contributed by atoms with Crippen molar-refractivity contribution < 1.29 is 4.74 Å². The molecular weight excluding hydrogens is 162 g/mol. The second-order valence-corrected chi connectivity index (χ2v) is 3.74. The van der Waals surface area contributed by atoms with Gasteiger partial charge in [-0.15, -0.1) is 0 Å². The third kappa shape index (κ3) is 1.42. The van der Waals surface area contributed by atoms with Gasteiger partial charge in [-0.05, 0) is 19.4 Å². The van der Waals surface area contributed by atoms with E-state index in [9.17, 15) is 0 Å². The number of ether oxygens (including phenoxy) is 1. The number of rotatable bonds is 0. The molecule has 1 aromatic rings. The lowest BCUT2D eigenvalue weighted by Gasteiger charge is -2.24. The molecule has 1 aliphatic rings. The first-order chi connectivity index (χ1) is 6.18. The molecule has 0 saturated heterocycles. The van der Waals surface area contributed by atoms with Gasteiger partial charge in [0.1, 0.15) is 5.75 Å². The second-order valence-electron chi connectivity index (χ2n) is 3.74. The lowest BCUT2D eigenvalue weighted by Crippen LogP contribution is -2.21. The Morgan fingerprint density at radius 3 is 2.92 bits per heavy atom. The summed E-state index contributed by atoms with van der Waals surface area (Å²) in [7, 11) is 0. The molecule has 0 aromatic heterocycles. The van der Waals surface area contributed by atoms with Crippen LogP contribution in [0.4, 0.5) is 0 Å². The average Bonchev–Trinajstić information content (AvgIpc) is 2.07. The number of nitrogens with two attached hydrogens (primary N) is 1. The van der Waals surface area contributed by atoms with E-state index < -0.39 is 0 Å². The molecule has 1 aliphatic heterocycles. The van der Waals surface area contributed by atoms with Crippen LogP contribution in [0.5, 0.6) is 5.75 Å². The third-order valence-corrected chi connectivity index (χ3v) is 2.52. The van der Waals surface area contributed by atoms with Crippen LogP contribution in [-0.4, -0.2) is 6.61 Å². The zero-order valence-corrected chi connectivity index (χ0v) is 8.13. The van der Waals surface area contributed by atoms with Gasteiger partial charge in [0.15, 0.2) is 0 Å². The van der Waals surface area contributed by atoms with Gasteiger partial charge in [-0.1, -0.05) is 17.7 Å². The average molecular weight is 177 g/mol. The van der Waals surface area contributed by atoms with Gasteiger partial charge in [0.05, 0.1) is 6.61 Å². The monoisotopic (exact) mass is 177 g/mol. The minimum atomic E-state index is 0.155. The van der Waals surface area contributed by atoms with Crippen molar-refractivity contribution in [2.75, 3.05) is 6.61 Å². The molecule has 0 amide bonds. The summed E-state index contributed by atoms with van der Waals surface area (Å²) in [6.07, 6.45) is 0.926. The van der Waals surface area contributed by atoms with Crippen LogP contribution < -0.4 is 10.5 Å². The van der Waals surface area contributed by atoms with Gasteiger partial charge in [0.2, 0.25) is 0 Å². The predicted molar refractivity (Wildman–Crippen MR) is 53.0 cm³/mol. The van der Waals surface area contributed by atoms with E-state index in [-0.39, 0.29) is 6.04 Å². The number of hydrogen-bond acceptors (Lipinski definition) is 2. The normalized spacial score (nSPS) is 20.7. The lowest BCUT2D eigenvalue weighted by atomic mass is 9.96.